The van der Waals surface area contributed by atoms with Crippen LogP contribution in [-0.4, -0.2) is 36.3 Å². The van der Waals surface area contributed by atoms with Crippen molar-refractivity contribution in [3.63, 3.8) is 0 Å². The molecule has 2 N–H and O–H groups in total. The Morgan fingerprint density at radius 2 is 2.04 bits per heavy atom. The molecule has 6 nitrogen and oxygen atoms in total. The summed E-state index contributed by atoms with van der Waals surface area (Å²) in [5.74, 6) is 0.464. The molecule has 0 spiro atoms. The lowest BCUT2D eigenvalue weighted by Crippen LogP contribution is -2.41. The molecule has 0 aromatic carbocycles. The topological polar surface area (TPSA) is 74.6 Å². The zero-order valence-corrected chi connectivity index (χ0v) is 14.6. The van der Waals surface area contributed by atoms with Crippen molar-refractivity contribution in [2.45, 2.75) is 26.4 Å². The van der Waals surface area contributed by atoms with Crippen LogP contribution in [0.25, 0.3) is 0 Å². The van der Waals surface area contributed by atoms with Gasteiger partial charge in [0.05, 0.1) is 25.9 Å². The highest BCUT2D eigenvalue weighted by molar-refractivity contribution is 7.09. The standard InChI is InChI=1S/C17H23N3O3S/c1-2-7-18-16(21)10-19-17(22)13-20(11-14-5-3-8-23-14)12-15-6-4-9-24-15/h3-6,8-9H,2,7,10-13H2,1H3,(H,18,21)(H,19,22). The lowest BCUT2D eigenvalue weighted by atomic mass is 10.3. The van der Waals surface area contributed by atoms with Crippen molar-refractivity contribution >= 4 is 23.2 Å². The number of thiophene rings is 1. The highest BCUT2D eigenvalue weighted by Gasteiger charge is 2.14. The second kappa shape index (κ2) is 9.89. The van der Waals surface area contributed by atoms with Gasteiger partial charge in [0, 0.05) is 18.0 Å². The molecule has 2 aromatic rings. The molecule has 2 rings (SSSR count). The van der Waals surface area contributed by atoms with Crippen LogP contribution in [0.4, 0.5) is 0 Å². The van der Waals surface area contributed by atoms with Gasteiger partial charge < -0.3 is 15.1 Å². The molecule has 24 heavy (non-hydrogen) atoms. The monoisotopic (exact) mass is 349 g/mol. The van der Waals surface area contributed by atoms with Gasteiger partial charge in [0.15, 0.2) is 0 Å². The summed E-state index contributed by atoms with van der Waals surface area (Å²) in [5.41, 5.74) is 0. The van der Waals surface area contributed by atoms with E-state index in [9.17, 15) is 9.59 Å². The maximum Gasteiger partial charge on any atom is 0.239 e. The number of rotatable bonds is 10. The number of hydrogen-bond acceptors (Lipinski definition) is 5. The largest absolute Gasteiger partial charge is 0.468 e. The molecule has 0 saturated heterocycles. The highest BCUT2D eigenvalue weighted by atomic mass is 32.1. The van der Waals surface area contributed by atoms with Gasteiger partial charge in [0.2, 0.25) is 11.8 Å². The summed E-state index contributed by atoms with van der Waals surface area (Å²) < 4.78 is 5.37. The molecule has 0 radical (unpaired) electrons. The van der Waals surface area contributed by atoms with E-state index in [0.717, 1.165) is 12.2 Å². The van der Waals surface area contributed by atoms with E-state index in [0.29, 0.717) is 19.6 Å². The van der Waals surface area contributed by atoms with Crippen LogP contribution in [0.1, 0.15) is 24.0 Å². The van der Waals surface area contributed by atoms with Gasteiger partial charge >= 0.3 is 0 Å². The first kappa shape index (κ1) is 18.2. The number of furan rings is 1. The summed E-state index contributed by atoms with van der Waals surface area (Å²) in [6.45, 7) is 4.02. The number of hydrogen-bond donors (Lipinski definition) is 2. The average molecular weight is 349 g/mol. The summed E-state index contributed by atoms with van der Waals surface area (Å²) in [7, 11) is 0. The Hall–Kier alpha value is -2.12. The van der Waals surface area contributed by atoms with Crippen molar-refractivity contribution in [3.8, 4) is 0 Å². The lowest BCUT2D eigenvalue weighted by Gasteiger charge is -2.20. The van der Waals surface area contributed by atoms with Crippen molar-refractivity contribution < 1.29 is 14.0 Å². The molecule has 0 saturated carbocycles. The predicted octanol–water partition coefficient (Wildman–Crippen LogP) is 1.99. The molecule has 2 heterocycles. The molecular formula is C17H23N3O3S. The van der Waals surface area contributed by atoms with Crippen LogP contribution in [-0.2, 0) is 22.7 Å². The van der Waals surface area contributed by atoms with Crippen LogP contribution in [0.5, 0.6) is 0 Å². The third-order valence-corrected chi connectivity index (χ3v) is 4.17. The molecule has 0 aliphatic rings. The second-order valence-corrected chi connectivity index (χ2v) is 6.46. The molecule has 2 amide bonds. The smallest absolute Gasteiger partial charge is 0.239 e. The first-order valence-corrected chi connectivity index (χ1v) is 8.86. The quantitative estimate of drug-likeness (QED) is 0.688. The Balaban J connectivity index is 1.84. The summed E-state index contributed by atoms with van der Waals surface area (Å²) in [5, 5.41) is 7.41. The first-order valence-electron chi connectivity index (χ1n) is 7.98. The fourth-order valence-corrected chi connectivity index (χ4v) is 2.92. The fourth-order valence-electron chi connectivity index (χ4n) is 2.18. The van der Waals surface area contributed by atoms with Crippen molar-refractivity contribution in [2.75, 3.05) is 19.6 Å². The van der Waals surface area contributed by atoms with Crippen molar-refractivity contribution in [1.29, 1.82) is 0 Å². The van der Waals surface area contributed by atoms with E-state index in [4.69, 9.17) is 4.42 Å². The SMILES string of the molecule is CCCNC(=O)CNC(=O)CN(Cc1ccco1)Cc1cccs1. The van der Waals surface area contributed by atoms with Gasteiger partial charge in [-0.1, -0.05) is 13.0 Å². The predicted molar refractivity (Wildman–Crippen MR) is 93.5 cm³/mol. The van der Waals surface area contributed by atoms with Gasteiger partial charge in [0.1, 0.15) is 5.76 Å². The zero-order valence-electron chi connectivity index (χ0n) is 13.8. The van der Waals surface area contributed by atoms with Crippen LogP contribution in [0.3, 0.4) is 0 Å². The Kier molecular flexibility index (Phi) is 7.51. The summed E-state index contributed by atoms with van der Waals surface area (Å²) in [6, 6.07) is 7.74. The average Bonchev–Trinajstić information content (AvgIpc) is 3.24. The van der Waals surface area contributed by atoms with Crippen molar-refractivity contribution in [1.82, 2.24) is 15.5 Å². The van der Waals surface area contributed by atoms with Crippen LogP contribution < -0.4 is 10.6 Å². The van der Waals surface area contributed by atoms with E-state index >= 15 is 0 Å². The molecule has 2 aromatic heterocycles. The zero-order chi connectivity index (χ0) is 17.2. The van der Waals surface area contributed by atoms with E-state index in [-0.39, 0.29) is 24.9 Å². The van der Waals surface area contributed by atoms with Crippen LogP contribution in [0.15, 0.2) is 40.3 Å². The third kappa shape index (κ3) is 6.55. The molecular weight excluding hydrogens is 326 g/mol. The van der Waals surface area contributed by atoms with E-state index in [2.05, 4.69) is 10.6 Å². The van der Waals surface area contributed by atoms with E-state index in [1.165, 1.54) is 4.88 Å². The highest BCUT2D eigenvalue weighted by Crippen LogP contribution is 2.14. The van der Waals surface area contributed by atoms with Crippen molar-refractivity contribution in [3.05, 3.63) is 46.5 Å². The maximum atomic E-state index is 12.1. The lowest BCUT2D eigenvalue weighted by molar-refractivity contribution is -0.126. The molecule has 0 fully saturated rings. The van der Waals surface area contributed by atoms with Gasteiger partial charge in [-0.15, -0.1) is 11.3 Å². The van der Waals surface area contributed by atoms with E-state index < -0.39 is 0 Å². The van der Waals surface area contributed by atoms with Gasteiger partial charge in [-0.2, -0.15) is 0 Å². The van der Waals surface area contributed by atoms with Gasteiger partial charge in [0.25, 0.3) is 0 Å². The maximum absolute atomic E-state index is 12.1. The normalized spacial score (nSPS) is 10.8. The Morgan fingerprint density at radius 3 is 2.71 bits per heavy atom. The summed E-state index contributed by atoms with van der Waals surface area (Å²) in [6.07, 6.45) is 2.49. The first-order chi connectivity index (χ1) is 11.7. The minimum atomic E-state index is -0.176. The second-order valence-electron chi connectivity index (χ2n) is 5.43. The van der Waals surface area contributed by atoms with Gasteiger partial charge in [-0.3, -0.25) is 14.5 Å². The number of carbonyl (C=O) groups is 2. The third-order valence-electron chi connectivity index (χ3n) is 3.30. The molecule has 0 unspecified atom stereocenters. The fraction of sp³-hybridized carbons (Fsp3) is 0.412. The number of amides is 2. The molecule has 0 aliphatic carbocycles. The molecule has 130 valence electrons. The molecule has 0 aliphatic heterocycles. The van der Waals surface area contributed by atoms with E-state index in [1.54, 1.807) is 17.6 Å². The van der Waals surface area contributed by atoms with Gasteiger partial charge in [-0.25, -0.2) is 0 Å². The number of carbonyl (C=O) groups excluding carboxylic acids is 2. The van der Waals surface area contributed by atoms with Crippen LogP contribution in [0.2, 0.25) is 0 Å². The van der Waals surface area contributed by atoms with Crippen LogP contribution in [0, 0.1) is 0 Å². The number of nitrogens with zero attached hydrogens (tertiary/aromatic N) is 1. The molecule has 0 atom stereocenters. The molecule has 7 heteroatoms. The minimum Gasteiger partial charge on any atom is -0.468 e. The van der Waals surface area contributed by atoms with Crippen LogP contribution >= 0.6 is 11.3 Å². The Morgan fingerprint density at radius 1 is 1.17 bits per heavy atom. The minimum absolute atomic E-state index is 0.00638. The molecule has 0 bridgehead atoms. The van der Waals surface area contributed by atoms with Gasteiger partial charge in [-0.05, 0) is 30.0 Å². The van der Waals surface area contributed by atoms with Crippen molar-refractivity contribution in [2.24, 2.45) is 0 Å². The Labute approximate surface area is 145 Å². The number of nitrogens with one attached hydrogen (secondary N) is 2. The van der Waals surface area contributed by atoms with E-state index in [1.807, 2.05) is 41.5 Å². The Bertz CT molecular complexity index is 575. The summed E-state index contributed by atoms with van der Waals surface area (Å²) in [4.78, 5) is 26.8. The summed E-state index contributed by atoms with van der Waals surface area (Å²) >= 11 is 1.65.